The molecule has 0 saturated heterocycles. The number of pyridine rings is 1. The quantitative estimate of drug-likeness (QED) is 0.805. The molecule has 0 aliphatic heterocycles. The lowest BCUT2D eigenvalue weighted by atomic mass is 9.97. The summed E-state index contributed by atoms with van der Waals surface area (Å²) in [5.41, 5.74) is 2.80. The Morgan fingerprint density at radius 3 is 2.58 bits per heavy atom. The molecule has 1 aromatic heterocycles. The summed E-state index contributed by atoms with van der Waals surface area (Å²) in [6.07, 6.45) is 2.67. The smallest absolute Gasteiger partial charge is 0.246 e. The maximum Gasteiger partial charge on any atom is 0.246 e. The van der Waals surface area contributed by atoms with Crippen molar-refractivity contribution in [1.82, 2.24) is 4.98 Å². The van der Waals surface area contributed by atoms with Gasteiger partial charge in [0.15, 0.2) is 0 Å². The summed E-state index contributed by atoms with van der Waals surface area (Å²) in [4.78, 5) is 16.6. The first-order chi connectivity index (χ1) is 11.5. The fourth-order valence-electron chi connectivity index (χ4n) is 2.40. The van der Waals surface area contributed by atoms with E-state index in [2.05, 4.69) is 35.5 Å². The zero-order valence-electron chi connectivity index (χ0n) is 14.7. The summed E-state index contributed by atoms with van der Waals surface area (Å²) in [7, 11) is 1.57. The number of nitrogens with one attached hydrogen (secondary N) is 2. The van der Waals surface area contributed by atoms with Crippen LogP contribution in [0.5, 0.6) is 5.88 Å². The molecular weight excluding hydrogens is 302 g/mol. The first kappa shape index (κ1) is 17.8. The van der Waals surface area contributed by atoms with Crippen molar-refractivity contribution >= 4 is 17.3 Å². The van der Waals surface area contributed by atoms with Crippen molar-refractivity contribution in [3.05, 3.63) is 48.2 Å². The second kappa shape index (κ2) is 8.34. The number of hydrogen-bond acceptors (Lipinski definition) is 4. The molecule has 2 aromatic rings. The van der Waals surface area contributed by atoms with Crippen LogP contribution in [0.1, 0.15) is 38.7 Å². The molecule has 0 bridgehead atoms. The molecule has 0 fully saturated rings. The summed E-state index contributed by atoms with van der Waals surface area (Å²) in [6.45, 7) is 6.13. The Morgan fingerprint density at radius 1 is 1.21 bits per heavy atom. The minimum atomic E-state index is -0.384. The van der Waals surface area contributed by atoms with Crippen LogP contribution in [0.25, 0.3) is 0 Å². The lowest BCUT2D eigenvalue weighted by Gasteiger charge is -2.19. The molecule has 2 rings (SSSR count). The Bertz CT molecular complexity index is 671. The summed E-state index contributed by atoms with van der Waals surface area (Å²) in [5.74, 6) is 0.859. The van der Waals surface area contributed by atoms with E-state index in [1.54, 1.807) is 19.4 Å². The monoisotopic (exact) mass is 327 g/mol. The molecule has 1 amide bonds. The van der Waals surface area contributed by atoms with Gasteiger partial charge in [0.1, 0.15) is 6.04 Å². The number of carbonyl (C=O) groups is 1. The molecule has 0 aliphatic rings. The number of rotatable bonds is 7. The number of para-hydroxylation sites is 1. The van der Waals surface area contributed by atoms with E-state index >= 15 is 0 Å². The molecule has 0 radical (unpaired) electrons. The van der Waals surface area contributed by atoms with Crippen LogP contribution in [0.3, 0.4) is 0 Å². The Labute approximate surface area is 143 Å². The third-order valence-electron chi connectivity index (χ3n) is 4.08. The number of carbonyl (C=O) groups excluding carboxylic acids is 1. The van der Waals surface area contributed by atoms with Crippen molar-refractivity contribution < 1.29 is 9.53 Å². The molecule has 2 atom stereocenters. The number of nitrogens with zero attached hydrogens (tertiary/aromatic N) is 1. The van der Waals surface area contributed by atoms with Gasteiger partial charge in [-0.3, -0.25) is 4.79 Å². The number of anilines is 2. The van der Waals surface area contributed by atoms with E-state index < -0.39 is 0 Å². The molecule has 2 N–H and O–H groups in total. The summed E-state index contributed by atoms with van der Waals surface area (Å²) in [5, 5.41) is 6.17. The van der Waals surface area contributed by atoms with Gasteiger partial charge in [-0.25, -0.2) is 4.98 Å². The lowest BCUT2D eigenvalue weighted by molar-refractivity contribution is -0.116. The number of methoxy groups -OCH3 is 1. The van der Waals surface area contributed by atoms with Crippen molar-refractivity contribution in [1.29, 1.82) is 0 Å². The van der Waals surface area contributed by atoms with Gasteiger partial charge in [0, 0.05) is 11.8 Å². The summed E-state index contributed by atoms with van der Waals surface area (Å²) >= 11 is 0. The second-order valence-electron chi connectivity index (χ2n) is 5.84. The van der Waals surface area contributed by atoms with E-state index in [4.69, 9.17) is 4.74 Å². The van der Waals surface area contributed by atoms with Gasteiger partial charge in [-0.05, 0) is 37.0 Å². The van der Waals surface area contributed by atoms with Gasteiger partial charge in [0.05, 0.1) is 19.0 Å². The predicted octanol–water partition coefficient (Wildman–Crippen LogP) is 4.04. The largest absolute Gasteiger partial charge is 0.481 e. The van der Waals surface area contributed by atoms with Crippen LogP contribution in [0.4, 0.5) is 11.4 Å². The first-order valence-corrected chi connectivity index (χ1v) is 8.21. The van der Waals surface area contributed by atoms with Crippen LogP contribution in [-0.4, -0.2) is 24.0 Å². The van der Waals surface area contributed by atoms with Crippen molar-refractivity contribution in [3.63, 3.8) is 0 Å². The maximum atomic E-state index is 12.5. The normalized spacial score (nSPS) is 13.0. The van der Waals surface area contributed by atoms with Gasteiger partial charge in [0.25, 0.3) is 0 Å². The number of ether oxygens (including phenoxy) is 1. The van der Waals surface area contributed by atoms with E-state index in [0.29, 0.717) is 11.8 Å². The maximum absolute atomic E-state index is 12.5. The molecule has 0 spiro atoms. The van der Waals surface area contributed by atoms with Crippen LogP contribution in [-0.2, 0) is 4.79 Å². The highest BCUT2D eigenvalue weighted by molar-refractivity contribution is 5.96. The van der Waals surface area contributed by atoms with Crippen LogP contribution in [0.15, 0.2) is 42.6 Å². The molecule has 0 aliphatic carbocycles. The molecule has 24 heavy (non-hydrogen) atoms. The highest BCUT2D eigenvalue weighted by Gasteiger charge is 2.16. The van der Waals surface area contributed by atoms with Crippen molar-refractivity contribution in [2.45, 2.75) is 39.2 Å². The molecule has 5 nitrogen and oxygen atoms in total. The third-order valence-corrected chi connectivity index (χ3v) is 4.08. The number of amides is 1. The average Bonchev–Trinajstić information content (AvgIpc) is 2.62. The van der Waals surface area contributed by atoms with Crippen molar-refractivity contribution in [2.24, 2.45) is 0 Å². The molecule has 0 saturated carbocycles. The fraction of sp³-hybridized carbons (Fsp3) is 0.368. The van der Waals surface area contributed by atoms with Gasteiger partial charge in [-0.1, -0.05) is 32.0 Å². The highest BCUT2D eigenvalue weighted by atomic mass is 16.5. The fourth-order valence-corrected chi connectivity index (χ4v) is 2.40. The Balaban J connectivity index is 2.03. The van der Waals surface area contributed by atoms with Gasteiger partial charge in [0.2, 0.25) is 11.8 Å². The summed E-state index contributed by atoms with van der Waals surface area (Å²) in [6, 6.07) is 11.2. The minimum absolute atomic E-state index is 0.0819. The highest BCUT2D eigenvalue weighted by Crippen LogP contribution is 2.26. The minimum Gasteiger partial charge on any atom is -0.481 e. The molecule has 128 valence electrons. The standard InChI is InChI=1S/C19H25N3O2/c1-5-13(2)16-8-6-7-9-17(16)22-19(23)14(3)21-15-10-11-18(24-4)20-12-15/h6-14,21H,5H2,1-4H3,(H,22,23)/t13-,14-/m1/s1. The molecule has 1 aromatic carbocycles. The van der Waals surface area contributed by atoms with E-state index in [0.717, 1.165) is 23.4 Å². The van der Waals surface area contributed by atoms with Crippen LogP contribution >= 0.6 is 0 Å². The Kier molecular flexibility index (Phi) is 6.18. The Hall–Kier alpha value is -2.56. The molecular formula is C19H25N3O2. The van der Waals surface area contributed by atoms with E-state index in [1.807, 2.05) is 31.2 Å². The summed E-state index contributed by atoms with van der Waals surface area (Å²) < 4.78 is 5.03. The number of benzene rings is 1. The Morgan fingerprint density at radius 2 is 1.96 bits per heavy atom. The van der Waals surface area contributed by atoms with Crippen LogP contribution < -0.4 is 15.4 Å². The molecule has 1 heterocycles. The van der Waals surface area contributed by atoms with E-state index in [-0.39, 0.29) is 11.9 Å². The van der Waals surface area contributed by atoms with Crippen LogP contribution in [0.2, 0.25) is 0 Å². The SMILES string of the molecule is CC[C@@H](C)c1ccccc1NC(=O)[C@@H](C)Nc1ccc(OC)nc1. The van der Waals surface area contributed by atoms with Gasteiger partial charge < -0.3 is 15.4 Å². The first-order valence-electron chi connectivity index (χ1n) is 8.21. The van der Waals surface area contributed by atoms with Crippen molar-refractivity contribution in [3.8, 4) is 5.88 Å². The topological polar surface area (TPSA) is 63.2 Å². The average molecular weight is 327 g/mol. The van der Waals surface area contributed by atoms with Crippen LogP contribution in [0, 0.1) is 0 Å². The second-order valence-corrected chi connectivity index (χ2v) is 5.84. The molecule has 5 heteroatoms. The van der Waals surface area contributed by atoms with Gasteiger partial charge >= 0.3 is 0 Å². The predicted molar refractivity (Wildman–Crippen MR) is 97.7 cm³/mol. The number of hydrogen-bond donors (Lipinski definition) is 2. The van der Waals surface area contributed by atoms with E-state index in [9.17, 15) is 4.79 Å². The number of aromatic nitrogens is 1. The van der Waals surface area contributed by atoms with Crippen molar-refractivity contribution in [2.75, 3.05) is 17.7 Å². The lowest BCUT2D eigenvalue weighted by Crippen LogP contribution is -2.32. The van der Waals surface area contributed by atoms with E-state index in [1.165, 1.54) is 0 Å². The zero-order chi connectivity index (χ0) is 17.5. The zero-order valence-corrected chi connectivity index (χ0v) is 14.7. The van der Waals surface area contributed by atoms with Gasteiger partial charge in [-0.15, -0.1) is 0 Å². The third kappa shape index (κ3) is 4.47. The molecule has 0 unspecified atom stereocenters. The van der Waals surface area contributed by atoms with Gasteiger partial charge in [-0.2, -0.15) is 0 Å².